The molecule has 0 radical (unpaired) electrons. The molecule has 1 aliphatic heterocycles. The van der Waals surface area contributed by atoms with Crippen molar-refractivity contribution in [1.29, 1.82) is 0 Å². The maximum absolute atomic E-state index is 14.7. The maximum Gasteiger partial charge on any atom is 0.352 e. The van der Waals surface area contributed by atoms with Gasteiger partial charge in [0.25, 0.3) is 5.56 Å². The summed E-state index contributed by atoms with van der Waals surface area (Å²) in [5, 5.41) is 10.3. The van der Waals surface area contributed by atoms with Crippen molar-refractivity contribution in [3.05, 3.63) is 69.8 Å². The number of alkyl halides is 2. The van der Waals surface area contributed by atoms with Crippen LogP contribution >= 0.6 is 0 Å². The van der Waals surface area contributed by atoms with Gasteiger partial charge in [0.05, 0.1) is 34.8 Å². The molecule has 1 aliphatic rings. The topological polar surface area (TPSA) is 75.4 Å². The van der Waals surface area contributed by atoms with Crippen LogP contribution in [0, 0.1) is 0 Å². The van der Waals surface area contributed by atoms with E-state index in [1.165, 1.54) is 36.7 Å². The van der Waals surface area contributed by atoms with E-state index in [4.69, 9.17) is 0 Å². The van der Waals surface area contributed by atoms with Crippen LogP contribution in [-0.2, 0) is 24.3 Å². The number of aromatic nitrogens is 2. The van der Waals surface area contributed by atoms with Crippen molar-refractivity contribution in [3.8, 4) is 0 Å². The second kappa shape index (κ2) is 6.20. The van der Waals surface area contributed by atoms with Gasteiger partial charge in [0, 0.05) is 7.05 Å². The first kappa shape index (κ1) is 18.2. The first-order chi connectivity index (χ1) is 13.2. The van der Waals surface area contributed by atoms with Gasteiger partial charge in [-0.15, -0.1) is 0 Å². The molecule has 0 bridgehead atoms. The van der Waals surface area contributed by atoms with Gasteiger partial charge in [0.1, 0.15) is 5.82 Å². The zero-order chi connectivity index (χ0) is 20.2. The molecule has 6 nitrogen and oxygen atoms in total. The number of benzene rings is 2. The zero-order valence-corrected chi connectivity index (χ0v) is 15.2. The highest BCUT2D eigenvalue weighted by atomic mass is 19.3. The summed E-state index contributed by atoms with van der Waals surface area (Å²) in [5.74, 6) is -4.99. The smallest absolute Gasteiger partial charge is 0.352 e. The fourth-order valence-electron chi connectivity index (χ4n) is 3.56. The van der Waals surface area contributed by atoms with Crippen LogP contribution in [0.4, 0.5) is 14.5 Å². The van der Waals surface area contributed by atoms with Crippen LogP contribution in [0.1, 0.15) is 30.0 Å². The number of aliphatic hydroxyl groups is 1. The summed E-state index contributed by atoms with van der Waals surface area (Å²) in [6.07, 6.45) is -1.16. The standard InChI is InChI=1S/C20H17F2N3O3/c1-11(26)12-7-5-9-15-17(12)20(21,22)19(28)25(15)10-16-23-14-8-4-3-6-13(14)18(27)24(16)2/h3-9,11,26H,10H2,1-2H3/t11-/m0/s1. The molecule has 1 amide bonds. The number of anilines is 1. The molecule has 1 N–H and O–H groups in total. The van der Waals surface area contributed by atoms with Crippen LogP contribution < -0.4 is 10.5 Å². The second-order valence-electron chi connectivity index (χ2n) is 6.79. The third-order valence-electron chi connectivity index (χ3n) is 5.02. The Balaban J connectivity index is 1.86. The number of para-hydroxylation sites is 1. The fraction of sp³-hybridized carbons (Fsp3) is 0.250. The molecule has 144 valence electrons. The van der Waals surface area contributed by atoms with Gasteiger partial charge >= 0.3 is 11.8 Å². The lowest BCUT2D eigenvalue weighted by atomic mass is 9.99. The summed E-state index contributed by atoms with van der Waals surface area (Å²) < 4.78 is 30.7. The average Bonchev–Trinajstić information content (AvgIpc) is 2.86. The minimum absolute atomic E-state index is 0.00119. The van der Waals surface area contributed by atoms with Crippen LogP contribution in [0.15, 0.2) is 47.3 Å². The predicted octanol–water partition coefficient (Wildman–Crippen LogP) is 2.63. The number of hydrogen-bond donors (Lipinski definition) is 1. The molecule has 0 saturated heterocycles. The SMILES string of the molecule is C[C@H](O)c1cccc2c1C(F)(F)C(=O)N2Cc1nc2ccccc2c(=O)n1C. The minimum Gasteiger partial charge on any atom is -0.389 e. The van der Waals surface area contributed by atoms with Gasteiger partial charge in [-0.25, -0.2) is 4.98 Å². The van der Waals surface area contributed by atoms with E-state index < -0.39 is 23.5 Å². The molecule has 1 aromatic heterocycles. The normalized spacial score (nSPS) is 16.5. The molecular formula is C20H17F2N3O3. The van der Waals surface area contributed by atoms with Gasteiger partial charge in [0.2, 0.25) is 0 Å². The van der Waals surface area contributed by atoms with Gasteiger partial charge in [-0.2, -0.15) is 8.78 Å². The minimum atomic E-state index is -3.77. The molecule has 3 aromatic rings. The van der Waals surface area contributed by atoms with E-state index in [1.54, 1.807) is 24.3 Å². The van der Waals surface area contributed by atoms with Gasteiger partial charge in [-0.05, 0) is 30.7 Å². The Morgan fingerprint density at radius 3 is 2.57 bits per heavy atom. The summed E-state index contributed by atoms with van der Waals surface area (Å²) in [7, 11) is 1.49. The predicted molar refractivity (Wildman–Crippen MR) is 99.1 cm³/mol. The van der Waals surface area contributed by atoms with Gasteiger partial charge < -0.3 is 5.11 Å². The van der Waals surface area contributed by atoms with Gasteiger partial charge in [-0.1, -0.05) is 24.3 Å². The number of hydrogen-bond acceptors (Lipinski definition) is 4. The maximum atomic E-state index is 14.7. The highest BCUT2D eigenvalue weighted by molar-refractivity contribution is 6.06. The van der Waals surface area contributed by atoms with Crippen LogP contribution in [0.5, 0.6) is 0 Å². The Labute approximate surface area is 158 Å². The average molecular weight is 385 g/mol. The van der Waals surface area contributed by atoms with Crippen LogP contribution in [-0.4, -0.2) is 20.6 Å². The number of carbonyl (C=O) groups excluding carboxylic acids is 1. The lowest BCUT2D eigenvalue weighted by Gasteiger charge is -2.19. The van der Waals surface area contributed by atoms with E-state index in [-0.39, 0.29) is 29.2 Å². The number of rotatable bonds is 3. The van der Waals surface area contributed by atoms with E-state index in [2.05, 4.69) is 4.98 Å². The van der Waals surface area contributed by atoms with E-state index in [9.17, 15) is 23.5 Å². The molecule has 4 rings (SSSR count). The lowest BCUT2D eigenvalue weighted by Crippen LogP contribution is -2.36. The molecule has 0 fully saturated rings. The Morgan fingerprint density at radius 1 is 1.14 bits per heavy atom. The van der Waals surface area contributed by atoms with E-state index in [0.29, 0.717) is 10.9 Å². The van der Waals surface area contributed by atoms with E-state index in [0.717, 1.165) is 4.90 Å². The molecule has 8 heteroatoms. The molecule has 28 heavy (non-hydrogen) atoms. The largest absolute Gasteiger partial charge is 0.389 e. The lowest BCUT2D eigenvalue weighted by molar-refractivity contribution is -0.141. The van der Waals surface area contributed by atoms with Crippen LogP contribution in [0.25, 0.3) is 10.9 Å². The molecule has 0 aliphatic carbocycles. The molecule has 1 atom stereocenters. The zero-order valence-electron chi connectivity index (χ0n) is 15.2. The number of fused-ring (bicyclic) bond motifs is 2. The monoisotopic (exact) mass is 385 g/mol. The fourth-order valence-corrected chi connectivity index (χ4v) is 3.56. The molecular weight excluding hydrogens is 368 g/mol. The van der Waals surface area contributed by atoms with Crippen molar-refractivity contribution >= 4 is 22.5 Å². The summed E-state index contributed by atoms with van der Waals surface area (Å²) >= 11 is 0. The van der Waals surface area contributed by atoms with Crippen LogP contribution in [0.2, 0.25) is 0 Å². The van der Waals surface area contributed by atoms with Crippen molar-refractivity contribution in [3.63, 3.8) is 0 Å². The first-order valence-corrected chi connectivity index (χ1v) is 8.69. The van der Waals surface area contributed by atoms with Crippen molar-refractivity contribution in [1.82, 2.24) is 9.55 Å². The first-order valence-electron chi connectivity index (χ1n) is 8.69. The summed E-state index contributed by atoms with van der Waals surface area (Å²) in [5.41, 5.74) is -0.385. The number of nitrogens with zero attached hydrogens (tertiary/aromatic N) is 3. The Morgan fingerprint density at radius 2 is 1.86 bits per heavy atom. The van der Waals surface area contributed by atoms with Crippen molar-refractivity contribution in [2.75, 3.05) is 4.90 Å². The number of amides is 1. The van der Waals surface area contributed by atoms with Gasteiger partial charge in [-0.3, -0.25) is 19.1 Å². The van der Waals surface area contributed by atoms with Gasteiger partial charge in [0.15, 0.2) is 0 Å². The number of carbonyl (C=O) groups is 1. The quantitative estimate of drug-likeness (QED) is 0.752. The highest BCUT2D eigenvalue weighted by Crippen LogP contribution is 2.47. The third kappa shape index (κ3) is 2.52. The molecule has 2 aromatic carbocycles. The third-order valence-corrected chi connectivity index (χ3v) is 5.02. The molecule has 2 heterocycles. The summed E-state index contributed by atoms with van der Waals surface area (Å²) in [4.78, 5) is 30.4. The Kier molecular flexibility index (Phi) is 4.04. The highest BCUT2D eigenvalue weighted by Gasteiger charge is 2.54. The number of aliphatic hydroxyl groups excluding tert-OH is 1. The molecule has 0 unspecified atom stereocenters. The second-order valence-corrected chi connectivity index (χ2v) is 6.79. The summed E-state index contributed by atoms with van der Waals surface area (Å²) in [6.45, 7) is 1.08. The molecule has 0 saturated carbocycles. The number of halogens is 2. The van der Waals surface area contributed by atoms with E-state index in [1.807, 2.05) is 0 Å². The van der Waals surface area contributed by atoms with Crippen molar-refractivity contribution in [2.24, 2.45) is 7.05 Å². The van der Waals surface area contributed by atoms with Crippen LogP contribution in [0.3, 0.4) is 0 Å². The Bertz CT molecular complexity index is 1170. The Hall–Kier alpha value is -3.13. The van der Waals surface area contributed by atoms with Crippen molar-refractivity contribution < 1.29 is 18.7 Å². The molecule has 0 spiro atoms. The van der Waals surface area contributed by atoms with E-state index >= 15 is 0 Å². The van der Waals surface area contributed by atoms with Crippen molar-refractivity contribution in [2.45, 2.75) is 25.5 Å². The summed E-state index contributed by atoms with van der Waals surface area (Å²) in [6, 6.07) is 11.0.